The van der Waals surface area contributed by atoms with Crippen LogP contribution in [-0.2, 0) is 0 Å². The molecule has 0 fully saturated rings. The molecule has 1 unspecified atom stereocenters. The molecule has 2 N–H and O–H groups in total. The third-order valence-corrected chi connectivity index (χ3v) is 3.43. The first-order valence-corrected chi connectivity index (χ1v) is 6.05. The number of nitrogens with one attached hydrogen (secondary N) is 2. The highest BCUT2D eigenvalue weighted by Crippen LogP contribution is 2.25. The molecule has 0 radical (unpaired) electrons. The predicted molar refractivity (Wildman–Crippen MR) is 66.6 cm³/mol. The van der Waals surface area contributed by atoms with Crippen molar-refractivity contribution in [1.82, 2.24) is 15.3 Å². The molecular formula is C12H15N3S. The van der Waals surface area contributed by atoms with Crippen LogP contribution in [-0.4, -0.2) is 17.0 Å². The highest BCUT2D eigenvalue weighted by atomic mass is 32.2. The van der Waals surface area contributed by atoms with Crippen molar-refractivity contribution in [3.05, 3.63) is 42.2 Å². The number of rotatable bonds is 4. The van der Waals surface area contributed by atoms with Crippen LogP contribution in [0.15, 0.2) is 46.7 Å². The summed E-state index contributed by atoms with van der Waals surface area (Å²) >= 11 is 1.64. The Bertz CT molecular complexity index is 422. The minimum Gasteiger partial charge on any atom is -0.339 e. The summed E-state index contributed by atoms with van der Waals surface area (Å²) in [6.07, 6.45) is 3.60. The van der Waals surface area contributed by atoms with Gasteiger partial charge in [0.05, 0.1) is 0 Å². The van der Waals surface area contributed by atoms with Crippen LogP contribution in [0.4, 0.5) is 0 Å². The van der Waals surface area contributed by atoms with Crippen molar-refractivity contribution >= 4 is 11.8 Å². The van der Waals surface area contributed by atoms with Gasteiger partial charge in [0.1, 0.15) is 0 Å². The maximum absolute atomic E-state index is 4.18. The molecule has 0 aliphatic carbocycles. The summed E-state index contributed by atoms with van der Waals surface area (Å²) in [4.78, 5) is 8.45. The first-order chi connectivity index (χ1) is 7.79. The number of nitrogens with zero attached hydrogens (tertiary/aromatic N) is 1. The second kappa shape index (κ2) is 5.18. The van der Waals surface area contributed by atoms with E-state index in [1.165, 1.54) is 10.5 Å². The van der Waals surface area contributed by atoms with Gasteiger partial charge in [0.2, 0.25) is 0 Å². The minimum absolute atomic E-state index is 0.391. The third kappa shape index (κ3) is 2.65. The van der Waals surface area contributed by atoms with Gasteiger partial charge in [0, 0.05) is 23.3 Å². The Morgan fingerprint density at radius 3 is 2.62 bits per heavy atom. The van der Waals surface area contributed by atoms with E-state index in [0.29, 0.717) is 6.04 Å². The average Bonchev–Trinajstić information content (AvgIpc) is 2.82. The van der Waals surface area contributed by atoms with Gasteiger partial charge >= 0.3 is 0 Å². The van der Waals surface area contributed by atoms with Crippen LogP contribution in [0.25, 0.3) is 0 Å². The number of benzene rings is 1. The quantitative estimate of drug-likeness (QED) is 0.853. The normalized spacial score (nSPS) is 12.6. The smallest absolute Gasteiger partial charge is 0.170 e. The zero-order valence-electron chi connectivity index (χ0n) is 9.40. The summed E-state index contributed by atoms with van der Waals surface area (Å²) in [6, 6.07) is 8.92. The second-order valence-corrected chi connectivity index (χ2v) is 4.64. The number of aromatic amines is 1. The van der Waals surface area contributed by atoms with Crippen LogP contribution in [0, 0.1) is 0 Å². The molecule has 1 atom stereocenters. The van der Waals surface area contributed by atoms with Gasteiger partial charge in [0.25, 0.3) is 0 Å². The standard InChI is InChI=1S/C12H15N3S/c1-9(13-2)10-3-5-11(6-4-10)16-12-14-7-8-15-12/h3-9,13H,1-2H3,(H,14,15). The highest BCUT2D eigenvalue weighted by Gasteiger charge is 2.03. The van der Waals surface area contributed by atoms with E-state index in [0.717, 1.165) is 5.16 Å². The second-order valence-electron chi connectivity index (χ2n) is 3.58. The first-order valence-electron chi connectivity index (χ1n) is 5.24. The zero-order chi connectivity index (χ0) is 11.4. The maximum Gasteiger partial charge on any atom is 0.170 e. The number of aromatic nitrogens is 2. The molecule has 0 saturated heterocycles. The highest BCUT2D eigenvalue weighted by molar-refractivity contribution is 7.99. The molecule has 84 valence electrons. The van der Waals surface area contributed by atoms with Gasteiger partial charge < -0.3 is 10.3 Å². The molecule has 3 nitrogen and oxygen atoms in total. The van der Waals surface area contributed by atoms with E-state index < -0.39 is 0 Å². The summed E-state index contributed by atoms with van der Waals surface area (Å²) < 4.78 is 0. The summed E-state index contributed by atoms with van der Waals surface area (Å²) in [6.45, 7) is 2.15. The van der Waals surface area contributed by atoms with Crippen molar-refractivity contribution in [2.24, 2.45) is 0 Å². The van der Waals surface area contributed by atoms with Gasteiger partial charge in [-0.25, -0.2) is 4.98 Å². The largest absolute Gasteiger partial charge is 0.339 e. The van der Waals surface area contributed by atoms with Crippen LogP contribution in [0.3, 0.4) is 0 Å². The lowest BCUT2D eigenvalue weighted by Gasteiger charge is -2.10. The molecule has 2 aromatic rings. The maximum atomic E-state index is 4.18. The van der Waals surface area contributed by atoms with E-state index >= 15 is 0 Å². The van der Waals surface area contributed by atoms with Crippen molar-refractivity contribution < 1.29 is 0 Å². The minimum atomic E-state index is 0.391. The van der Waals surface area contributed by atoms with Crippen molar-refractivity contribution in [1.29, 1.82) is 0 Å². The Kier molecular flexibility index (Phi) is 3.64. The van der Waals surface area contributed by atoms with E-state index in [4.69, 9.17) is 0 Å². The third-order valence-electron chi connectivity index (χ3n) is 2.50. The molecule has 1 aromatic carbocycles. The summed E-state index contributed by atoms with van der Waals surface area (Å²) in [5, 5.41) is 4.15. The van der Waals surface area contributed by atoms with Crippen LogP contribution in [0.1, 0.15) is 18.5 Å². The van der Waals surface area contributed by atoms with Gasteiger partial charge in [0.15, 0.2) is 5.16 Å². The van der Waals surface area contributed by atoms with Crippen molar-refractivity contribution in [2.45, 2.75) is 23.0 Å². The summed E-state index contributed by atoms with van der Waals surface area (Å²) in [5.41, 5.74) is 1.30. The number of imidazole rings is 1. The van der Waals surface area contributed by atoms with Gasteiger partial charge in [-0.15, -0.1) is 0 Å². The zero-order valence-corrected chi connectivity index (χ0v) is 10.2. The van der Waals surface area contributed by atoms with E-state index in [1.807, 2.05) is 13.2 Å². The van der Waals surface area contributed by atoms with E-state index in [9.17, 15) is 0 Å². The van der Waals surface area contributed by atoms with E-state index in [1.54, 1.807) is 18.0 Å². The van der Waals surface area contributed by atoms with Gasteiger partial charge in [-0.3, -0.25) is 0 Å². The van der Waals surface area contributed by atoms with Crippen molar-refractivity contribution in [3.63, 3.8) is 0 Å². The predicted octanol–water partition coefficient (Wildman–Crippen LogP) is 2.84. The molecule has 0 bridgehead atoms. The summed E-state index contributed by atoms with van der Waals surface area (Å²) in [7, 11) is 1.97. The fraction of sp³-hybridized carbons (Fsp3) is 0.250. The Labute approximate surface area is 99.7 Å². The molecule has 0 spiro atoms. The van der Waals surface area contributed by atoms with Gasteiger partial charge in [-0.2, -0.15) is 0 Å². The van der Waals surface area contributed by atoms with E-state index in [-0.39, 0.29) is 0 Å². The molecule has 1 aromatic heterocycles. The Balaban J connectivity index is 2.07. The Morgan fingerprint density at radius 1 is 1.31 bits per heavy atom. The molecule has 4 heteroatoms. The fourth-order valence-electron chi connectivity index (χ4n) is 1.41. The molecule has 1 heterocycles. The monoisotopic (exact) mass is 233 g/mol. The lowest BCUT2D eigenvalue weighted by Crippen LogP contribution is -2.11. The molecule has 16 heavy (non-hydrogen) atoms. The van der Waals surface area contributed by atoms with Crippen molar-refractivity contribution in [3.8, 4) is 0 Å². The Morgan fingerprint density at radius 2 is 2.06 bits per heavy atom. The average molecular weight is 233 g/mol. The SMILES string of the molecule is CNC(C)c1ccc(Sc2ncc[nH]2)cc1. The van der Waals surface area contributed by atoms with Gasteiger partial charge in [-0.1, -0.05) is 23.9 Å². The summed E-state index contributed by atoms with van der Waals surface area (Å²) in [5.74, 6) is 0. The molecular weight excluding hydrogens is 218 g/mol. The van der Waals surface area contributed by atoms with Crippen molar-refractivity contribution in [2.75, 3.05) is 7.05 Å². The van der Waals surface area contributed by atoms with Crippen LogP contribution in [0.5, 0.6) is 0 Å². The molecule has 0 aliphatic rings. The van der Waals surface area contributed by atoms with Gasteiger partial charge in [-0.05, 0) is 31.7 Å². The number of hydrogen-bond donors (Lipinski definition) is 2. The van der Waals surface area contributed by atoms with Crippen LogP contribution >= 0.6 is 11.8 Å². The Hall–Kier alpha value is -1.26. The van der Waals surface area contributed by atoms with Crippen LogP contribution in [0.2, 0.25) is 0 Å². The fourth-order valence-corrected chi connectivity index (χ4v) is 2.15. The molecule has 0 saturated carbocycles. The van der Waals surface area contributed by atoms with E-state index in [2.05, 4.69) is 46.5 Å². The number of H-pyrrole nitrogens is 1. The lowest BCUT2D eigenvalue weighted by atomic mass is 10.1. The molecule has 0 aliphatic heterocycles. The molecule has 0 amide bonds. The topological polar surface area (TPSA) is 40.7 Å². The lowest BCUT2D eigenvalue weighted by molar-refractivity contribution is 0.652. The number of hydrogen-bond acceptors (Lipinski definition) is 3. The first kappa shape index (κ1) is 11.2. The van der Waals surface area contributed by atoms with Crippen LogP contribution < -0.4 is 5.32 Å². The molecule has 2 rings (SSSR count).